The summed E-state index contributed by atoms with van der Waals surface area (Å²) in [5.41, 5.74) is 0.560. The molecule has 5 fully saturated rings. The Hall–Kier alpha value is -1.34. The fourth-order valence-corrected chi connectivity index (χ4v) is 12.9. The Balaban J connectivity index is 1.28. The highest BCUT2D eigenvalue weighted by atomic mass is 16.6. The number of rotatable bonds is 9. The highest BCUT2D eigenvalue weighted by molar-refractivity contribution is 5.83. The van der Waals surface area contributed by atoms with Gasteiger partial charge in [-0.25, -0.2) is 4.79 Å². The number of amides is 2. The van der Waals surface area contributed by atoms with Gasteiger partial charge in [-0.15, -0.1) is 0 Å². The van der Waals surface area contributed by atoms with E-state index < -0.39 is 11.7 Å². The van der Waals surface area contributed by atoms with Crippen molar-refractivity contribution in [3.63, 3.8) is 0 Å². The summed E-state index contributed by atoms with van der Waals surface area (Å²) in [6.45, 7) is 22.6. The molecule has 0 aromatic heterocycles. The molecule has 5 saturated carbocycles. The van der Waals surface area contributed by atoms with Crippen LogP contribution in [0.2, 0.25) is 0 Å². The minimum absolute atomic E-state index is 0.153. The largest absolute Gasteiger partial charge is 0.444 e. The maximum Gasteiger partial charge on any atom is 0.407 e. The molecule has 264 valence electrons. The number of nitrogens with one attached hydrogen (secondary N) is 2. The minimum Gasteiger partial charge on any atom is -0.444 e. The Kier molecular flexibility index (Phi) is 10.0. The average Bonchev–Trinajstić information content (AvgIpc) is 3.36. The maximum absolute atomic E-state index is 14.3. The van der Waals surface area contributed by atoms with Crippen LogP contribution in [0.4, 0.5) is 4.79 Å². The number of methoxy groups -OCH3 is 1. The number of carbonyl (C=O) groups is 2. The molecule has 7 nitrogen and oxygen atoms in total. The zero-order valence-corrected chi connectivity index (χ0v) is 31.1. The first-order valence-electron chi connectivity index (χ1n) is 18.8. The van der Waals surface area contributed by atoms with Crippen LogP contribution in [0.3, 0.4) is 0 Å². The molecular formula is C39H68N2O5. The first-order valence-corrected chi connectivity index (χ1v) is 18.8. The Morgan fingerprint density at radius 1 is 0.804 bits per heavy atom. The van der Waals surface area contributed by atoms with Crippen LogP contribution in [-0.4, -0.2) is 57.1 Å². The second-order valence-electron chi connectivity index (χ2n) is 18.6. The molecule has 0 heterocycles. The van der Waals surface area contributed by atoms with Gasteiger partial charge in [-0.05, 0) is 143 Å². The predicted molar refractivity (Wildman–Crippen MR) is 183 cm³/mol. The quantitative estimate of drug-likeness (QED) is 0.248. The average molecular weight is 645 g/mol. The van der Waals surface area contributed by atoms with Crippen LogP contribution in [0.5, 0.6) is 0 Å². The lowest BCUT2D eigenvalue weighted by atomic mass is 9.32. The Morgan fingerprint density at radius 2 is 1.50 bits per heavy atom. The molecule has 10 atom stereocenters. The molecule has 2 amide bonds. The predicted octanol–water partition coefficient (Wildman–Crippen LogP) is 8.15. The van der Waals surface area contributed by atoms with E-state index in [2.05, 4.69) is 52.2 Å². The van der Waals surface area contributed by atoms with Gasteiger partial charge in [0.2, 0.25) is 5.91 Å². The molecule has 7 heteroatoms. The lowest BCUT2D eigenvalue weighted by molar-refractivity contribution is -0.238. The van der Waals surface area contributed by atoms with E-state index in [-0.39, 0.29) is 22.8 Å². The van der Waals surface area contributed by atoms with E-state index in [1.54, 1.807) is 0 Å². The van der Waals surface area contributed by atoms with E-state index in [1.807, 2.05) is 27.9 Å². The number of carbonyl (C=O) groups excluding carboxylic acids is 2. The second kappa shape index (κ2) is 12.8. The van der Waals surface area contributed by atoms with Crippen molar-refractivity contribution in [2.45, 2.75) is 145 Å². The van der Waals surface area contributed by atoms with Crippen LogP contribution in [-0.2, 0) is 19.0 Å². The van der Waals surface area contributed by atoms with Gasteiger partial charge in [0.15, 0.2) is 0 Å². The lowest BCUT2D eigenvalue weighted by Gasteiger charge is -2.72. The Labute approximate surface area is 280 Å². The van der Waals surface area contributed by atoms with E-state index in [9.17, 15) is 9.59 Å². The van der Waals surface area contributed by atoms with Crippen molar-refractivity contribution in [1.82, 2.24) is 10.6 Å². The molecule has 0 aromatic carbocycles. The summed E-state index contributed by atoms with van der Waals surface area (Å²) < 4.78 is 17.1. The van der Waals surface area contributed by atoms with Gasteiger partial charge >= 0.3 is 6.09 Å². The van der Waals surface area contributed by atoms with Crippen LogP contribution in [0, 0.1) is 56.7 Å². The summed E-state index contributed by atoms with van der Waals surface area (Å²) in [7, 11) is 1.85. The van der Waals surface area contributed by atoms with Crippen LogP contribution < -0.4 is 10.6 Å². The molecule has 0 aromatic rings. The van der Waals surface area contributed by atoms with Crippen molar-refractivity contribution in [2.75, 3.05) is 33.4 Å². The summed E-state index contributed by atoms with van der Waals surface area (Å²) in [4.78, 5) is 26.2. The smallest absolute Gasteiger partial charge is 0.407 e. The van der Waals surface area contributed by atoms with Crippen molar-refractivity contribution in [3.8, 4) is 0 Å². The lowest BCUT2D eigenvalue weighted by Crippen LogP contribution is -2.66. The van der Waals surface area contributed by atoms with Crippen molar-refractivity contribution in [1.29, 1.82) is 0 Å². The number of ether oxygens (including phenoxy) is 3. The van der Waals surface area contributed by atoms with Gasteiger partial charge in [-0.2, -0.15) is 0 Å². The summed E-state index contributed by atoms with van der Waals surface area (Å²) in [6.07, 6.45) is 13.3. The monoisotopic (exact) mass is 645 g/mol. The van der Waals surface area contributed by atoms with Crippen LogP contribution in [0.15, 0.2) is 0 Å². The molecule has 0 bridgehead atoms. The number of hydrogen-bond donors (Lipinski definition) is 2. The summed E-state index contributed by atoms with van der Waals surface area (Å²) in [5.74, 6) is 3.14. The van der Waals surface area contributed by atoms with Crippen LogP contribution in [0.1, 0.15) is 133 Å². The zero-order valence-electron chi connectivity index (χ0n) is 31.1. The van der Waals surface area contributed by atoms with E-state index in [4.69, 9.17) is 14.2 Å². The molecule has 5 rings (SSSR count). The molecule has 0 radical (unpaired) electrons. The van der Waals surface area contributed by atoms with Gasteiger partial charge in [0.25, 0.3) is 0 Å². The first kappa shape index (κ1) is 36.0. The van der Waals surface area contributed by atoms with E-state index in [0.717, 1.165) is 37.5 Å². The first-order chi connectivity index (χ1) is 21.5. The second-order valence-corrected chi connectivity index (χ2v) is 18.6. The van der Waals surface area contributed by atoms with Crippen LogP contribution in [0.25, 0.3) is 0 Å². The van der Waals surface area contributed by atoms with Crippen molar-refractivity contribution in [2.24, 2.45) is 56.7 Å². The molecule has 5 aliphatic rings. The number of fused-ring (bicyclic) bond motifs is 7. The molecule has 46 heavy (non-hydrogen) atoms. The van der Waals surface area contributed by atoms with Gasteiger partial charge in [-0.3, -0.25) is 4.79 Å². The summed E-state index contributed by atoms with van der Waals surface area (Å²) >= 11 is 0. The molecule has 0 saturated heterocycles. The van der Waals surface area contributed by atoms with Crippen molar-refractivity contribution in [3.05, 3.63) is 0 Å². The number of alkyl carbamates (subject to hydrolysis) is 1. The van der Waals surface area contributed by atoms with E-state index in [1.165, 1.54) is 44.9 Å². The fourth-order valence-electron chi connectivity index (χ4n) is 12.9. The Bertz CT molecular complexity index is 1120. The van der Waals surface area contributed by atoms with Crippen LogP contribution >= 0.6 is 0 Å². The van der Waals surface area contributed by atoms with E-state index >= 15 is 0 Å². The normalized spacial score (nSPS) is 42.1. The SMILES string of the molecule is COC(C)C1CCC2(C(=O)NCCOCCNC(=O)OC(C)(C)C)CC[C@]3(C)C(CCC4C5(C)CCCC(C)(C)C5CCC43C)C12. The van der Waals surface area contributed by atoms with Crippen molar-refractivity contribution >= 4 is 12.0 Å². The molecule has 5 aliphatic carbocycles. The van der Waals surface area contributed by atoms with Gasteiger partial charge in [0.1, 0.15) is 5.60 Å². The molecular weight excluding hydrogens is 576 g/mol. The highest BCUT2D eigenvalue weighted by Gasteiger charge is 2.71. The molecule has 9 unspecified atom stereocenters. The zero-order chi connectivity index (χ0) is 33.8. The third-order valence-corrected chi connectivity index (χ3v) is 15.1. The highest BCUT2D eigenvalue weighted by Crippen LogP contribution is 2.77. The van der Waals surface area contributed by atoms with Gasteiger partial charge in [0, 0.05) is 20.2 Å². The summed E-state index contributed by atoms with van der Waals surface area (Å²) in [5, 5.41) is 6.06. The Morgan fingerprint density at radius 3 is 2.17 bits per heavy atom. The topological polar surface area (TPSA) is 85.9 Å². The molecule has 0 spiro atoms. The minimum atomic E-state index is -0.523. The van der Waals surface area contributed by atoms with Gasteiger partial charge in [-0.1, -0.05) is 41.0 Å². The maximum atomic E-state index is 14.3. The molecule has 0 aliphatic heterocycles. The van der Waals surface area contributed by atoms with E-state index in [0.29, 0.717) is 60.3 Å². The third kappa shape index (κ3) is 6.05. The van der Waals surface area contributed by atoms with Gasteiger partial charge < -0.3 is 24.8 Å². The standard InChI is InChI=1S/C39H68N2O5/c1-26(44-10)27-14-19-39(32(42)40-22-24-45-25-23-41-33(43)46-34(2,3)4)21-20-37(8)28(31(27)39)12-13-30-36(7)17-11-16-35(5,6)29(36)15-18-38(30,37)9/h26-31H,11-25H2,1-10H3,(H,40,42)(H,41,43)/t26?,27?,28?,29?,30?,31?,36?,37-,38?,39?/m1/s1. The molecule has 2 N–H and O–H groups in total. The fraction of sp³-hybridized carbons (Fsp3) is 0.949. The van der Waals surface area contributed by atoms with Gasteiger partial charge in [0.05, 0.1) is 24.7 Å². The van der Waals surface area contributed by atoms with Crippen molar-refractivity contribution < 1.29 is 23.8 Å². The summed E-state index contributed by atoms with van der Waals surface area (Å²) in [6, 6.07) is 0. The third-order valence-electron chi connectivity index (χ3n) is 15.1. The number of hydrogen-bond acceptors (Lipinski definition) is 5.